The lowest BCUT2D eigenvalue weighted by Crippen LogP contribution is -2.10. The van der Waals surface area contributed by atoms with Crippen molar-refractivity contribution in [3.63, 3.8) is 0 Å². The molecule has 0 amide bonds. The van der Waals surface area contributed by atoms with Gasteiger partial charge in [0, 0.05) is 0 Å². The van der Waals surface area contributed by atoms with E-state index in [0.29, 0.717) is 11.4 Å². The largest absolute Gasteiger partial charge is 0.455 e. The van der Waals surface area contributed by atoms with Crippen molar-refractivity contribution in [2.45, 2.75) is 0 Å². The van der Waals surface area contributed by atoms with E-state index in [0.717, 1.165) is 17.7 Å². The Hall–Kier alpha value is -3.06. The van der Waals surface area contributed by atoms with E-state index in [1.807, 2.05) is 54.6 Å². The summed E-state index contributed by atoms with van der Waals surface area (Å²) in [6.45, 7) is 0. The Labute approximate surface area is 146 Å². The van der Waals surface area contributed by atoms with Crippen molar-refractivity contribution in [3.8, 4) is 11.5 Å². The zero-order chi connectivity index (χ0) is 17.7. The van der Waals surface area contributed by atoms with Crippen molar-refractivity contribution >= 4 is 27.2 Å². The lowest BCUT2D eigenvalue weighted by molar-refractivity contribution is 0.485. The normalized spacial score (nSPS) is 10.9. The van der Waals surface area contributed by atoms with Crippen molar-refractivity contribution in [3.05, 3.63) is 72.9 Å². The number of pyridine rings is 1. The summed E-state index contributed by atoms with van der Waals surface area (Å²) < 4.78 is 30.6. The molecule has 0 fully saturated rings. The number of nitrogens with one attached hydrogen (secondary N) is 2. The molecule has 2 aromatic carbocycles. The monoisotopic (exact) mass is 355 g/mol. The van der Waals surface area contributed by atoms with E-state index in [9.17, 15) is 8.42 Å². The highest BCUT2D eigenvalue weighted by Crippen LogP contribution is 2.31. The van der Waals surface area contributed by atoms with Crippen LogP contribution in [0.4, 0.5) is 17.2 Å². The lowest BCUT2D eigenvalue weighted by atomic mass is 10.2. The van der Waals surface area contributed by atoms with E-state index in [4.69, 9.17) is 4.74 Å². The van der Waals surface area contributed by atoms with Gasteiger partial charge < -0.3 is 10.1 Å². The molecule has 6 nitrogen and oxygen atoms in total. The van der Waals surface area contributed by atoms with Crippen LogP contribution in [0.5, 0.6) is 11.5 Å². The number of para-hydroxylation sites is 3. The highest BCUT2D eigenvalue weighted by atomic mass is 32.2. The van der Waals surface area contributed by atoms with Crippen LogP contribution in [0.15, 0.2) is 72.9 Å². The molecular formula is C18H17N3O3S. The van der Waals surface area contributed by atoms with Crippen molar-refractivity contribution in [2.24, 2.45) is 0 Å². The van der Waals surface area contributed by atoms with E-state index in [2.05, 4.69) is 15.0 Å². The molecule has 0 aliphatic rings. The second-order valence-corrected chi connectivity index (χ2v) is 7.09. The van der Waals surface area contributed by atoms with Gasteiger partial charge in [-0.05, 0) is 36.4 Å². The van der Waals surface area contributed by atoms with Crippen LogP contribution in [0.2, 0.25) is 0 Å². The zero-order valence-corrected chi connectivity index (χ0v) is 14.3. The number of anilines is 3. The first-order valence-electron chi connectivity index (χ1n) is 7.52. The number of ether oxygens (including phenoxy) is 1. The average Bonchev–Trinajstić information content (AvgIpc) is 2.58. The van der Waals surface area contributed by atoms with Gasteiger partial charge >= 0.3 is 0 Å². The van der Waals surface area contributed by atoms with Gasteiger partial charge in [0.25, 0.3) is 0 Å². The Morgan fingerprint density at radius 2 is 1.64 bits per heavy atom. The fraction of sp³-hybridized carbons (Fsp3) is 0.0556. The Bertz CT molecular complexity index is 943. The van der Waals surface area contributed by atoms with E-state index in [1.54, 1.807) is 18.3 Å². The van der Waals surface area contributed by atoms with Crippen LogP contribution < -0.4 is 14.8 Å². The third-order valence-corrected chi connectivity index (χ3v) is 3.77. The van der Waals surface area contributed by atoms with Crippen LogP contribution in [0, 0.1) is 0 Å². The third kappa shape index (κ3) is 4.95. The molecule has 3 rings (SSSR count). The first kappa shape index (κ1) is 16.8. The molecule has 0 bridgehead atoms. The molecule has 2 N–H and O–H groups in total. The van der Waals surface area contributed by atoms with E-state index in [-0.39, 0.29) is 5.82 Å². The summed E-state index contributed by atoms with van der Waals surface area (Å²) in [7, 11) is -3.34. The smallest absolute Gasteiger partial charge is 0.230 e. The maximum Gasteiger partial charge on any atom is 0.230 e. The molecule has 0 aliphatic heterocycles. The van der Waals surface area contributed by atoms with Gasteiger partial charge in [-0.25, -0.2) is 13.4 Å². The number of aromatic nitrogens is 1. The average molecular weight is 355 g/mol. The molecule has 128 valence electrons. The summed E-state index contributed by atoms with van der Waals surface area (Å²) in [4.78, 5) is 4.08. The first-order valence-corrected chi connectivity index (χ1v) is 9.41. The van der Waals surface area contributed by atoms with E-state index in [1.165, 1.54) is 0 Å². The molecule has 25 heavy (non-hydrogen) atoms. The molecule has 0 aliphatic carbocycles. The van der Waals surface area contributed by atoms with Crippen LogP contribution in [0.1, 0.15) is 0 Å². The standard InChI is InChI=1S/C18H17N3O3S/c1-25(22,23)21-18-12-11-14(13-19-18)20-16-9-5-6-10-17(16)24-15-7-3-2-4-8-15/h2-13,20H,1H3,(H,19,21). The number of sulfonamides is 1. The minimum absolute atomic E-state index is 0.266. The molecule has 0 atom stereocenters. The Morgan fingerprint density at radius 3 is 2.32 bits per heavy atom. The predicted molar refractivity (Wildman–Crippen MR) is 98.9 cm³/mol. The van der Waals surface area contributed by atoms with Gasteiger partial charge in [0.2, 0.25) is 10.0 Å². The highest BCUT2D eigenvalue weighted by Gasteiger charge is 2.06. The van der Waals surface area contributed by atoms with Gasteiger partial charge in [-0.3, -0.25) is 4.72 Å². The number of hydrogen-bond donors (Lipinski definition) is 2. The van der Waals surface area contributed by atoms with Crippen LogP contribution in [0.25, 0.3) is 0 Å². The van der Waals surface area contributed by atoms with Gasteiger partial charge in [-0.2, -0.15) is 0 Å². The highest BCUT2D eigenvalue weighted by molar-refractivity contribution is 7.92. The maximum atomic E-state index is 11.2. The van der Waals surface area contributed by atoms with Crippen LogP contribution in [-0.2, 0) is 10.0 Å². The molecule has 1 aromatic heterocycles. The van der Waals surface area contributed by atoms with E-state index >= 15 is 0 Å². The second kappa shape index (κ2) is 7.23. The molecule has 0 saturated carbocycles. The molecule has 0 radical (unpaired) electrons. The first-order chi connectivity index (χ1) is 12.0. The maximum absolute atomic E-state index is 11.2. The fourth-order valence-electron chi connectivity index (χ4n) is 2.15. The molecule has 7 heteroatoms. The number of hydrogen-bond acceptors (Lipinski definition) is 5. The van der Waals surface area contributed by atoms with Crippen LogP contribution in [0.3, 0.4) is 0 Å². The molecule has 0 unspecified atom stereocenters. The van der Waals surface area contributed by atoms with Crippen molar-refractivity contribution in [2.75, 3.05) is 16.3 Å². The Kier molecular flexibility index (Phi) is 4.85. The minimum Gasteiger partial charge on any atom is -0.455 e. The van der Waals surface area contributed by atoms with Crippen LogP contribution >= 0.6 is 0 Å². The van der Waals surface area contributed by atoms with Gasteiger partial charge in [-0.15, -0.1) is 0 Å². The van der Waals surface area contributed by atoms with Gasteiger partial charge in [0.05, 0.1) is 23.8 Å². The van der Waals surface area contributed by atoms with E-state index < -0.39 is 10.0 Å². The summed E-state index contributed by atoms with van der Waals surface area (Å²) in [6.07, 6.45) is 2.63. The van der Waals surface area contributed by atoms with Gasteiger partial charge in [0.1, 0.15) is 11.6 Å². The summed E-state index contributed by atoms with van der Waals surface area (Å²) in [5, 5.41) is 3.22. The summed E-state index contributed by atoms with van der Waals surface area (Å²) in [6, 6.07) is 20.4. The molecule has 0 saturated heterocycles. The summed E-state index contributed by atoms with van der Waals surface area (Å²) in [5.74, 6) is 1.68. The van der Waals surface area contributed by atoms with Gasteiger partial charge in [0.15, 0.2) is 5.75 Å². The summed E-state index contributed by atoms with van der Waals surface area (Å²) >= 11 is 0. The Morgan fingerprint density at radius 1 is 0.920 bits per heavy atom. The number of benzene rings is 2. The number of rotatable bonds is 6. The van der Waals surface area contributed by atoms with Crippen molar-refractivity contribution in [1.82, 2.24) is 4.98 Å². The molecule has 3 aromatic rings. The van der Waals surface area contributed by atoms with Crippen molar-refractivity contribution in [1.29, 1.82) is 0 Å². The SMILES string of the molecule is CS(=O)(=O)Nc1ccc(Nc2ccccc2Oc2ccccc2)cn1. The minimum atomic E-state index is -3.34. The third-order valence-electron chi connectivity index (χ3n) is 3.19. The fourth-order valence-corrected chi connectivity index (χ4v) is 2.65. The number of nitrogens with zero attached hydrogens (tertiary/aromatic N) is 1. The molecular weight excluding hydrogens is 338 g/mol. The molecule has 0 spiro atoms. The van der Waals surface area contributed by atoms with Gasteiger partial charge in [-0.1, -0.05) is 30.3 Å². The zero-order valence-electron chi connectivity index (χ0n) is 13.5. The van der Waals surface area contributed by atoms with Crippen molar-refractivity contribution < 1.29 is 13.2 Å². The lowest BCUT2D eigenvalue weighted by Gasteiger charge is -2.13. The quantitative estimate of drug-likeness (QED) is 0.699. The predicted octanol–water partition coefficient (Wildman–Crippen LogP) is 3.99. The summed E-state index contributed by atoms with van der Waals surface area (Å²) in [5.41, 5.74) is 1.49. The van der Waals surface area contributed by atoms with Crippen LogP contribution in [-0.4, -0.2) is 19.7 Å². The Balaban J connectivity index is 1.77. The second-order valence-electron chi connectivity index (χ2n) is 5.34. The topological polar surface area (TPSA) is 80.3 Å². The molecule has 1 heterocycles.